The molecule has 6 nitrogen and oxygen atoms in total. The number of likely N-dealkylation sites (N-methyl/N-ethyl adjacent to an activating group) is 1. The van der Waals surface area contributed by atoms with Crippen molar-refractivity contribution in [2.24, 2.45) is 0 Å². The van der Waals surface area contributed by atoms with Crippen LogP contribution in [0.15, 0.2) is 18.2 Å². The predicted octanol–water partition coefficient (Wildman–Crippen LogP) is 2.85. The molecule has 0 aromatic heterocycles. The van der Waals surface area contributed by atoms with Crippen LogP contribution in [0.3, 0.4) is 0 Å². The Bertz CT molecular complexity index is 857. The predicted molar refractivity (Wildman–Crippen MR) is 111 cm³/mol. The summed E-state index contributed by atoms with van der Waals surface area (Å²) in [5.74, 6) is -0.308. The van der Waals surface area contributed by atoms with Crippen LogP contribution >= 0.6 is 11.8 Å². The lowest BCUT2D eigenvalue weighted by atomic mass is 10.1. The molecule has 2 amide bonds. The van der Waals surface area contributed by atoms with E-state index in [1.165, 1.54) is 17.8 Å². The lowest BCUT2D eigenvalue weighted by Gasteiger charge is -2.34. The first kappa shape index (κ1) is 21.3. The molecule has 0 spiro atoms. The summed E-state index contributed by atoms with van der Waals surface area (Å²) in [5.41, 5.74) is -0.642. The van der Waals surface area contributed by atoms with Gasteiger partial charge in [0.05, 0.1) is 16.1 Å². The molecular formula is C20H25F3N4O2S. The molecule has 1 aromatic rings. The molecule has 164 valence electrons. The topological polar surface area (TPSA) is 55.9 Å². The van der Waals surface area contributed by atoms with Crippen LogP contribution in [0.1, 0.15) is 25.3 Å². The lowest BCUT2D eigenvalue weighted by molar-refractivity contribution is -0.138. The second-order valence-corrected chi connectivity index (χ2v) is 9.77. The van der Waals surface area contributed by atoms with Crippen LogP contribution in [0.25, 0.3) is 0 Å². The summed E-state index contributed by atoms with van der Waals surface area (Å²) in [7, 11) is 1.98. The number of amides is 2. The van der Waals surface area contributed by atoms with Crippen molar-refractivity contribution in [2.45, 2.75) is 36.9 Å². The van der Waals surface area contributed by atoms with Gasteiger partial charge in [0.15, 0.2) is 0 Å². The van der Waals surface area contributed by atoms with Crippen molar-refractivity contribution in [3.05, 3.63) is 23.8 Å². The zero-order chi connectivity index (χ0) is 21.7. The van der Waals surface area contributed by atoms with Crippen molar-refractivity contribution in [2.75, 3.05) is 49.2 Å². The van der Waals surface area contributed by atoms with E-state index in [0.29, 0.717) is 37.4 Å². The van der Waals surface area contributed by atoms with E-state index in [2.05, 4.69) is 10.2 Å². The van der Waals surface area contributed by atoms with Gasteiger partial charge >= 0.3 is 6.18 Å². The van der Waals surface area contributed by atoms with E-state index in [0.717, 1.165) is 19.2 Å². The van der Waals surface area contributed by atoms with Crippen LogP contribution in [-0.2, 0) is 15.8 Å². The monoisotopic (exact) mass is 442 g/mol. The molecule has 0 radical (unpaired) electrons. The van der Waals surface area contributed by atoms with Gasteiger partial charge in [-0.15, -0.1) is 11.8 Å². The minimum Gasteiger partial charge on any atom is -0.369 e. The van der Waals surface area contributed by atoms with Gasteiger partial charge in [0.1, 0.15) is 6.04 Å². The summed E-state index contributed by atoms with van der Waals surface area (Å²) in [6, 6.07) is 3.29. The van der Waals surface area contributed by atoms with Gasteiger partial charge < -0.3 is 20.0 Å². The largest absolute Gasteiger partial charge is 0.418 e. The number of nitrogens with zero attached hydrogens (tertiary/aromatic N) is 3. The second kappa shape index (κ2) is 7.64. The van der Waals surface area contributed by atoms with E-state index in [1.54, 1.807) is 11.0 Å². The van der Waals surface area contributed by atoms with Crippen LogP contribution in [0, 0.1) is 0 Å². The Labute approximate surface area is 177 Å². The number of hydrogen-bond acceptors (Lipinski definition) is 5. The number of alkyl halides is 3. The van der Waals surface area contributed by atoms with Gasteiger partial charge in [-0.25, -0.2) is 0 Å². The molecule has 1 N–H and O–H groups in total. The van der Waals surface area contributed by atoms with Gasteiger partial charge in [-0.2, -0.15) is 13.2 Å². The zero-order valence-corrected chi connectivity index (χ0v) is 17.8. The van der Waals surface area contributed by atoms with Gasteiger partial charge in [-0.3, -0.25) is 9.59 Å². The van der Waals surface area contributed by atoms with E-state index in [1.807, 2.05) is 18.9 Å². The first-order valence-corrected chi connectivity index (χ1v) is 11.0. The number of piperazine rings is 1. The van der Waals surface area contributed by atoms with Gasteiger partial charge in [0, 0.05) is 44.0 Å². The number of carbonyl (C=O) groups is 2. The maximum absolute atomic E-state index is 13.8. The molecule has 30 heavy (non-hydrogen) atoms. The molecular weight excluding hydrogens is 417 g/mol. The minimum absolute atomic E-state index is 0.121. The summed E-state index contributed by atoms with van der Waals surface area (Å²) in [6.07, 6.45) is -3.60. The summed E-state index contributed by atoms with van der Waals surface area (Å²) < 4.78 is 41.3. The van der Waals surface area contributed by atoms with E-state index in [9.17, 15) is 22.8 Å². The molecule has 0 aliphatic carbocycles. The third kappa shape index (κ3) is 3.87. The standard InChI is InChI=1S/C20H25F3N4O2S/c1-19-6-5-17(28)27(19)16(12-30-19)18(29)24-15-4-3-13(11-14(15)20(21,22)23)26-9-7-25(2)8-10-26/h3-4,11,16H,5-10,12H2,1-2H3,(H,24,29). The number of rotatable bonds is 3. The fourth-order valence-corrected chi connectivity index (χ4v) is 5.80. The highest BCUT2D eigenvalue weighted by atomic mass is 32.2. The van der Waals surface area contributed by atoms with E-state index in [-0.39, 0.29) is 11.6 Å². The SMILES string of the molecule is CN1CCN(c2ccc(NC(=O)C3CSC4(C)CCC(=O)N34)c(C(F)(F)F)c2)CC1. The highest BCUT2D eigenvalue weighted by Gasteiger charge is 2.53. The molecule has 2 unspecified atom stereocenters. The van der Waals surface area contributed by atoms with Crippen molar-refractivity contribution in [3.8, 4) is 0 Å². The number of anilines is 2. The number of halogens is 3. The maximum atomic E-state index is 13.8. The molecule has 3 fully saturated rings. The fourth-order valence-electron chi connectivity index (χ4n) is 4.37. The third-order valence-electron chi connectivity index (χ3n) is 6.18. The lowest BCUT2D eigenvalue weighted by Crippen LogP contribution is -2.48. The third-order valence-corrected chi connectivity index (χ3v) is 7.69. The number of fused-ring (bicyclic) bond motifs is 1. The Kier molecular flexibility index (Phi) is 5.42. The van der Waals surface area contributed by atoms with Gasteiger partial charge in [-0.1, -0.05) is 0 Å². The fraction of sp³-hybridized carbons (Fsp3) is 0.600. The highest BCUT2D eigenvalue weighted by Crippen LogP contribution is 2.47. The van der Waals surface area contributed by atoms with Crippen LogP contribution in [0.2, 0.25) is 0 Å². The minimum atomic E-state index is -4.60. The number of benzene rings is 1. The molecule has 3 saturated heterocycles. The summed E-state index contributed by atoms with van der Waals surface area (Å²) in [6.45, 7) is 4.76. The van der Waals surface area contributed by atoms with Crippen LogP contribution < -0.4 is 10.2 Å². The van der Waals surface area contributed by atoms with Gasteiger partial charge in [0.25, 0.3) is 0 Å². The molecule has 4 rings (SSSR count). The van der Waals surface area contributed by atoms with Crippen molar-refractivity contribution >= 4 is 35.0 Å². The number of hydrogen-bond donors (Lipinski definition) is 1. The van der Waals surface area contributed by atoms with Crippen LogP contribution in [-0.4, -0.2) is 71.5 Å². The molecule has 0 bridgehead atoms. The Morgan fingerprint density at radius 3 is 2.60 bits per heavy atom. The maximum Gasteiger partial charge on any atom is 0.418 e. The first-order valence-electron chi connectivity index (χ1n) is 10.0. The molecule has 0 saturated carbocycles. The second-order valence-electron chi connectivity index (χ2n) is 8.27. The molecule has 10 heteroatoms. The first-order chi connectivity index (χ1) is 14.1. The molecule has 1 aromatic carbocycles. The number of carbonyl (C=O) groups excluding carboxylic acids is 2. The number of nitrogens with one attached hydrogen (secondary N) is 1. The van der Waals surface area contributed by atoms with Crippen molar-refractivity contribution in [1.29, 1.82) is 0 Å². The van der Waals surface area contributed by atoms with Crippen LogP contribution in [0.5, 0.6) is 0 Å². The van der Waals surface area contributed by atoms with Crippen molar-refractivity contribution < 1.29 is 22.8 Å². The van der Waals surface area contributed by atoms with E-state index < -0.39 is 28.6 Å². The summed E-state index contributed by atoms with van der Waals surface area (Å²) in [4.78, 5) is 30.2. The Balaban J connectivity index is 1.56. The van der Waals surface area contributed by atoms with E-state index in [4.69, 9.17) is 0 Å². The average molecular weight is 443 g/mol. The Morgan fingerprint density at radius 2 is 1.93 bits per heavy atom. The van der Waals surface area contributed by atoms with Crippen LogP contribution in [0.4, 0.5) is 24.5 Å². The molecule has 3 aliphatic heterocycles. The van der Waals surface area contributed by atoms with Gasteiger partial charge in [0.2, 0.25) is 11.8 Å². The van der Waals surface area contributed by atoms with Crippen molar-refractivity contribution in [1.82, 2.24) is 9.80 Å². The molecule has 3 aliphatic rings. The molecule has 2 atom stereocenters. The summed E-state index contributed by atoms with van der Waals surface area (Å²) >= 11 is 1.51. The zero-order valence-electron chi connectivity index (χ0n) is 17.0. The normalized spacial score (nSPS) is 27.5. The Morgan fingerprint density at radius 1 is 1.23 bits per heavy atom. The summed E-state index contributed by atoms with van der Waals surface area (Å²) in [5, 5.41) is 2.45. The average Bonchev–Trinajstić information content (AvgIpc) is 3.18. The highest BCUT2D eigenvalue weighted by molar-refractivity contribution is 8.01. The Hall–Kier alpha value is -1.94. The van der Waals surface area contributed by atoms with Crippen molar-refractivity contribution in [3.63, 3.8) is 0 Å². The smallest absolute Gasteiger partial charge is 0.369 e. The quantitative estimate of drug-likeness (QED) is 0.780. The number of thioether (sulfide) groups is 1. The molecule has 3 heterocycles. The van der Waals surface area contributed by atoms with E-state index >= 15 is 0 Å². The van der Waals surface area contributed by atoms with Gasteiger partial charge in [-0.05, 0) is 38.6 Å².